The van der Waals surface area contributed by atoms with Crippen LogP contribution in [0.2, 0.25) is 0 Å². The fraction of sp³-hybridized carbons (Fsp3) is 0. The Morgan fingerprint density at radius 2 is 0.868 bits per heavy atom. The second kappa shape index (κ2) is 13.1. The number of nitrogens with zero attached hydrogens (tertiary/aromatic N) is 2. The van der Waals surface area contributed by atoms with E-state index in [1.54, 1.807) is 0 Å². The summed E-state index contributed by atoms with van der Waals surface area (Å²) >= 11 is 1.85. The zero-order valence-corrected chi connectivity index (χ0v) is 29.6. The molecular formula is C50H32N2S. The molecule has 53 heavy (non-hydrogen) atoms. The van der Waals surface area contributed by atoms with Gasteiger partial charge in [0.15, 0.2) is 5.82 Å². The molecule has 0 bridgehead atoms. The molecule has 2 aromatic heterocycles. The Kier molecular flexibility index (Phi) is 7.71. The van der Waals surface area contributed by atoms with Crippen LogP contribution in [-0.4, -0.2) is 9.97 Å². The SMILES string of the molecule is c1ccc(-c2cc(-c3cc(-c4ccc(-c5cccc6ccccc56)cc4)cc(-c4ccc5sc6ccccc6c5c4)c3)nc(-c3ccccc3)n2)cc1. The molecule has 0 radical (unpaired) electrons. The smallest absolute Gasteiger partial charge is 0.160 e. The van der Waals surface area contributed by atoms with E-state index < -0.39 is 0 Å². The van der Waals surface area contributed by atoms with Gasteiger partial charge >= 0.3 is 0 Å². The second-order valence-electron chi connectivity index (χ2n) is 13.4. The number of hydrogen-bond donors (Lipinski definition) is 0. The Hall–Kier alpha value is -6.68. The van der Waals surface area contributed by atoms with Crippen molar-refractivity contribution < 1.29 is 0 Å². The van der Waals surface area contributed by atoms with E-state index in [1.165, 1.54) is 47.6 Å². The average molecular weight is 693 g/mol. The van der Waals surface area contributed by atoms with Crippen LogP contribution in [0.3, 0.4) is 0 Å². The summed E-state index contributed by atoms with van der Waals surface area (Å²) in [4.78, 5) is 10.3. The third-order valence-corrected chi connectivity index (χ3v) is 11.2. The normalized spacial score (nSPS) is 11.4. The zero-order chi connectivity index (χ0) is 35.1. The highest BCUT2D eigenvalue weighted by molar-refractivity contribution is 7.25. The Morgan fingerprint density at radius 1 is 0.302 bits per heavy atom. The predicted octanol–water partition coefficient (Wildman–Crippen LogP) is 14.0. The van der Waals surface area contributed by atoms with E-state index in [0.29, 0.717) is 5.82 Å². The number of fused-ring (bicyclic) bond motifs is 4. The number of hydrogen-bond acceptors (Lipinski definition) is 3. The van der Waals surface area contributed by atoms with Gasteiger partial charge in [-0.15, -0.1) is 11.3 Å². The number of thiophene rings is 1. The molecular weight excluding hydrogens is 661 g/mol. The first kappa shape index (κ1) is 31.1. The van der Waals surface area contributed by atoms with Crippen molar-refractivity contribution in [3.8, 4) is 67.3 Å². The van der Waals surface area contributed by atoms with Crippen LogP contribution >= 0.6 is 11.3 Å². The van der Waals surface area contributed by atoms with E-state index in [0.717, 1.165) is 44.8 Å². The maximum Gasteiger partial charge on any atom is 0.160 e. The van der Waals surface area contributed by atoms with Crippen LogP contribution in [0.1, 0.15) is 0 Å². The molecule has 0 saturated heterocycles. The molecule has 0 fully saturated rings. The maximum absolute atomic E-state index is 5.22. The van der Waals surface area contributed by atoms with Gasteiger partial charge in [0.25, 0.3) is 0 Å². The highest BCUT2D eigenvalue weighted by Gasteiger charge is 2.15. The van der Waals surface area contributed by atoms with Crippen LogP contribution in [0.5, 0.6) is 0 Å². The molecule has 0 unspecified atom stereocenters. The molecule has 2 nitrogen and oxygen atoms in total. The highest BCUT2D eigenvalue weighted by atomic mass is 32.1. The molecule has 10 rings (SSSR count). The summed E-state index contributed by atoms with van der Waals surface area (Å²) in [6, 6.07) is 69.4. The molecule has 0 aliphatic carbocycles. The van der Waals surface area contributed by atoms with Crippen LogP contribution < -0.4 is 0 Å². The first-order valence-electron chi connectivity index (χ1n) is 17.9. The number of aromatic nitrogens is 2. The molecule has 0 aliphatic rings. The third-order valence-electron chi connectivity index (χ3n) is 10.1. The summed E-state index contributed by atoms with van der Waals surface area (Å²) in [5.41, 5.74) is 11.9. The van der Waals surface area contributed by atoms with Crippen molar-refractivity contribution in [1.82, 2.24) is 9.97 Å². The minimum absolute atomic E-state index is 0.708. The Morgan fingerprint density at radius 3 is 1.66 bits per heavy atom. The van der Waals surface area contributed by atoms with E-state index in [1.807, 2.05) is 35.6 Å². The van der Waals surface area contributed by atoms with Gasteiger partial charge in [-0.2, -0.15) is 0 Å². The number of benzene rings is 8. The lowest BCUT2D eigenvalue weighted by atomic mass is 9.92. The van der Waals surface area contributed by atoms with Crippen molar-refractivity contribution in [3.05, 3.63) is 194 Å². The van der Waals surface area contributed by atoms with Gasteiger partial charge in [0, 0.05) is 36.9 Å². The zero-order valence-electron chi connectivity index (χ0n) is 28.8. The molecule has 0 saturated carbocycles. The minimum Gasteiger partial charge on any atom is -0.228 e. The van der Waals surface area contributed by atoms with Crippen LogP contribution in [0.25, 0.3) is 98.2 Å². The van der Waals surface area contributed by atoms with Crippen molar-refractivity contribution in [2.45, 2.75) is 0 Å². The van der Waals surface area contributed by atoms with Crippen LogP contribution in [0, 0.1) is 0 Å². The summed E-state index contributed by atoms with van der Waals surface area (Å²) in [6.07, 6.45) is 0. The van der Waals surface area contributed by atoms with E-state index in [9.17, 15) is 0 Å². The monoisotopic (exact) mass is 692 g/mol. The largest absolute Gasteiger partial charge is 0.228 e. The summed E-state index contributed by atoms with van der Waals surface area (Å²) in [6.45, 7) is 0. The second-order valence-corrected chi connectivity index (χ2v) is 14.5. The Bertz CT molecular complexity index is 2860. The lowest BCUT2D eigenvalue weighted by Crippen LogP contribution is -1.96. The first-order chi connectivity index (χ1) is 26.2. The summed E-state index contributed by atoms with van der Waals surface area (Å²) < 4.78 is 2.61. The molecule has 8 aromatic carbocycles. The number of rotatable bonds is 6. The molecule has 0 spiro atoms. The van der Waals surface area contributed by atoms with Crippen LogP contribution in [-0.2, 0) is 0 Å². The molecule has 2 heterocycles. The standard InChI is InChI=1S/C50H32N2S/c1-3-13-36(14-4-1)46-32-47(52-50(51-46)37-15-5-2-6-16-37)41-29-39(33-22-24-35(25-23-33)43-20-11-17-34-12-7-8-18-42(34)43)28-40(30-41)38-26-27-49-45(31-38)44-19-9-10-21-48(44)53-49/h1-32H. The molecule has 0 N–H and O–H groups in total. The molecule has 0 amide bonds. The molecule has 0 atom stereocenters. The first-order valence-corrected chi connectivity index (χ1v) is 18.7. The highest BCUT2D eigenvalue weighted by Crippen LogP contribution is 2.39. The topological polar surface area (TPSA) is 25.8 Å². The van der Waals surface area contributed by atoms with Gasteiger partial charge in [0.05, 0.1) is 11.4 Å². The Balaban J connectivity index is 1.16. The van der Waals surface area contributed by atoms with Crippen molar-refractivity contribution in [3.63, 3.8) is 0 Å². The van der Waals surface area contributed by atoms with Crippen molar-refractivity contribution in [2.24, 2.45) is 0 Å². The summed E-state index contributed by atoms with van der Waals surface area (Å²) in [5.74, 6) is 0.708. The van der Waals surface area contributed by atoms with Gasteiger partial charge in [-0.25, -0.2) is 9.97 Å². The van der Waals surface area contributed by atoms with Crippen molar-refractivity contribution >= 4 is 42.3 Å². The summed E-state index contributed by atoms with van der Waals surface area (Å²) in [5, 5.41) is 5.09. The molecule has 3 heteroatoms. The average Bonchev–Trinajstić information content (AvgIpc) is 3.62. The van der Waals surface area contributed by atoms with Crippen molar-refractivity contribution in [1.29, 1.82) is 0 Å². The maximum atomic E-state index is 5.22. The Labute approximate surface area is 312 Å². The van der Waals surface area contributed by atoms with Gasteiger partial charge < -0.3 is 0 Å². The van der Waals surface area contributed by atoms with Crippen LogP contribution in [0.4, 0.5) is 0 Å². The minimum atomic E-state index is 0.708. The van der Waals surface area contributed by atoms with Gasteiger partial charge in [0.2, 0.25) is 0 Å². The fourth-order valence-electron chi connectivity index (χ4n) is 7.40. The quantitative estimate of drug-likeness (QED) is 0.173. The lowest BCUT2D eigenvalue weighted by molar-refractivity contribution is 1.18. The van der Waals surface area contributed by atoms with E-state index in [4.69, 9.17) is 9.97 Å². The fourth-order valence-corrected chi connectivity index (χ4v) is 8.49. The lowest BCUT2D eigenvalue weighted by Gasteiger charge is -2.14. The van der Waals surface area contributed by atoms with E-state index in [2.05, 4.69) is 170 Å². The van der Waals surface area contributed by atoms with E-state index in [-0.39, 0.29) is 0 Å². The third kappa shape index (κ3) is 5.87. The molecule has 248 valence electrons. The summed E-state index contributed by atoms with van der Waals surface area (Å²) in [7, 11) is 0. The van der Waals surface area contributed by atoms with Gasteiger partial charge in [-0.05, 0) is 86.6 Å². The predicted molar refractivity (Wildman–Crippen MR) is 225 cm³/mol. The van der Waals surface area contributed by atoms with Crippen LogP contribution in [0.15, 0.2) is 194 Å². The molecule has 10 aromatic rings. The van der Waals surface area contributed by atoms with Crippen molar-refractivity contribution in [2.75, 3.05) is 0 Å². The molecule has 0 aliphatic heterocycles. The van der Waals surface area contributed by atoms with Gasteiger partial charge in [-0.1, -0.05) is 152 Å². The van der Waals surface area contributed by atoms with Gasteiger partial charge in [-0.3, -0.25) is 0 Å². The van der Waals surface area contributed by atoms with Gasteiger partial charge in [0.1, 0.15) is 0 Å². The van der Waals surface area contributed by atoms with E-state index >= 15 is 0 Å².